The lowest BCUT2D eigenvalue weighted by Crippen LogP contribution is -2.40. The van der Waals surface area contributed by atoms with Gasteiger partial charge in [0.2, 0.25) is 5.91 Å². The van der Waals surface area contributed by atoms with Crippen LogP contribution in [0.25, 0.3) is 10.8 Å². The zero-order valence-corrected chi connectivity index (χ0v) is 14.2. The molecule has 1 heterocycles. The molecule has 7 heteroatoms. The van der Waals surface area contributed by atoms with E-state index in [4.69, 9.17) is 0 Å². The molecule has 1 atom stereocenters. The topological polar surface area (TPSA) is 90.3 Å². The van der Waals surface area contributed by atoms with Crippen LogP contribution in [0.4, 0.5) is 0 Å². The summed E-state index contributed by atoms with van der Waals surface area (Å²) in [5.41, 5.74) is 0.307. The fourth-order valence-corrected chi connectivity index (χ4v) is 2.43. The van der Waals surface area contributed by atoms with Gasteiger partial charge >= 0.3 is 5.97 Å². The van der Waals surface area contributed by atoms with Crippen LogP contribution in [0.1, 0.15) is 32.5 Å². The first kappa shape index (κ1) is 17.7. The number of carbonyl (C=O) groups excluding carboxylic acids is 2. The smallest absolute Gasteiger partial charge is 0.328 e. The molecule has 0 spiro atoms. The predicted octanol–water partition coefficient (Wildman–Crippen LogP) is 1.20. The van der Waals surface area contributed by atoms with E-state index in [9.17, 15) is 14.4 Å². The molecule has 0 aliphatic carbocycles. The lowest BCUT2D eigenvalue weighted by molar-refractivity contribution is -0.144. The largest absolute Gasteiger partial charge is 0.467 e. The summed E-state index contributed by atoms with van der Waals surface area (Å²) in [6.45, 7) is 5.25. The van der Waals surface area contributed by atoms with Crippen LogP contribution in [0.5, 0.6) is 0 Å². The molecule has 0 bridgehead atoms. The van der Waals surface area contributed by atoms with Gasteiger partial charge in [-0.3, -0.25) is 9.59 Å². The van der Waals surface area contributed by atoms with Crippen molar-refractivity contribution in [2.75, 3.05) is 7.11 Å². The molecule has 7 nitrogen and oxygen atoms in total. The number of hydrogen-bond acceptors (Lipinski definition) is 5. The van der Waals surface area contributed by atoms with Crippen molar-refractivity contribution in [1.29, 1.82) is 0 Å². The second-order valence-electron chi connectivity index (χ2n) is 5.82. The Kier molecular flexibility index (Phi) is 5.33. The third-order valence-electron chi connectivity index (χ3n) is 3.65. The Bertz CT molecular complexity index is 826. The Labute approximate surface area is 139 Å². The molecule has 0 radical (unpaired) electrons. The first-order valence-electron chi connectivity index (χ1n) is 7.72. The summed E-state index contributed by atoms with van der Waals surface area (Å²) in [5.74, 6) is -0.882. The molecule has 0 fully saturated rings. The Morgan fingerprint density at radius 2 is 1.83 bits per heavy atom. The van der Waals surface area contributed by atoms with Crippen LogP contribution in [0.15, 0.2) is 29.1 Å². The van der Waals surface area contributed by atoms with E-state index in [2.05, 4.69) is 15.2 Å². The van der Waals surface area contributed by atoms with Crippen molar-refractivity contribution in [3.63, 3.8) is 0 Å². The summed E-state index contributed by atoms with van der Waals surface area (Å²) in [7, 11) is 1.26. The highest BCUT2D eigenvalue weighted by Crippen LogP contribution is 2.15. The summed E-state index contributed by atoms with van der Waals surface area (Å²) < 4.78 is 5.95. The van der Waals surface area contributed by atoms with E-state index in [-0.39, 0.29) is 23.9 Å². The van der Waals surface area contributed by atoms with Crippen molar-refractivity contribution in [1.82, 2.24) is 15.1 Å². The van der Waals surface area contributed by atoms with E-state index in [1.54, 1.807) is 31.2 Å². The lowest BCUT2D eigenvalue weighted by atomic mass is 10.1. The van der Waals surface area contributed by atoms with E-state index in [0.29, 0.717) is 16.5 Å². The van der Waals surface area contributed by atoms with Crippen LogP contribution in [0, 0.1) is 0 Å². The standard InChI is InChI=1S/C17H21N3O4/c1-10(2)20-16(22)13-8-6-5-7-12(13)14(19-20)9-15(21)18-11(3)17(23)24-4/h5-8,10-11H,9H2,1-4H3,(H,18,21)/t11-/m0/s1. The molecule has 0 aliphatic heterocycles. The van der Waals surface area contributed by atoms with Gasteiger partial charge in [0.05, 0.1) is 30.7 Å². The number of benzene rings is 1. The van der Waals surface area contributed by atoms with Crippen molar-refractivity contribution in [2.24, 2.45) is 0 Å². The van der Waals surface area contributed by atoms with Gasteiger partial charge in [-0.15, -0.1) is 0 Å². The van der Waals surface area contributed by atoms with Crippen LogP contribution in [0.2, 0.25) is 0 Å². The molecule has 128 valence electrons. The first-order valence-corrected chi connectivity index (χ1v) is 7.72. The van der Waals surface area contributed by atoms with Gasteiger partial charge in [-0.25, -0.2) is 9.48 Å². The zero-order valence-electron chi connectivity index (χ0n) is 14.2. The predicted molar refractivity (Wildman–Crippen MR) is 89.7 cm³/mol. The second-order valence-corrected chi connectivity index (χ2v) is 5.82. The zero-order chi connectivity index (χ0) is 17.9. The molecule has 0 aliphatic rings. The molecule has 0 saturated carbocycles. The maximum absolute atomic E-state index is 12.5. The highest BCUT2D eigenvalue weighted by molar-refractivity contribution is 5.90. The lowest BCUT2D eigenvalue weighted by Gasteiger charge is -2.15. The molecule has 24 heavy (non-hydrogen) atoms. The van der Waals surface area contributed by atoms with Crippen molar-refractivity contribution in [2.45, 2.75) is 39.3 Å². The molecule has 1 N–H and O–H groups in total. The van der Waals surface area contributed by atoms with Crippen LogP contribution in [-0.4, -0.2) is 34.8 Å². The molecule has 1 aromatic carbocycles. The first-order chi connectivity index (χ1) is 11.3. The Hall–Kier alpha value is -2.70. The number of nitrogens with zero attached hydrogens (tertiary/aromatic N) is 2. The van der Waals surface area contributed by atoms with Gasteiger partial charge in [0.25, 0.3) is 5.56 Å². The number of rotatable bonds is 5. The quantitative estimate of drug-likeness (QED) is 0.831. The van der Waals surface area contributed by atoms with Crippen LogP contribution >= 0.6 is 0 Å². The summed E-state index contributed by atoms with van der Waals surface area (Å²) in [6, 6.07) is 6.18. The number of aromatic nitrogens is 2. The van der Waals surface area contributed by atoms with Crippen LogP contribution in [0.3, 0.4) is 0 Å². The monoisotopic (exact) mass is 331 g/mol. The minimum atomic E-state index is -0.746. The fraction of sp³-hybridized carbons (Fsp3) is 0.412. The summed E-state index contributed by atoms with van der Waals surface area (Å²) in [6.07, 6.45) is -0.0329. The van der Waals surface area contributed by atoms with Gasteiger partial charge < -0.3 is 10.1 Å². The Morgan fingerprint density at radius 1 is 1.21 bits per heavy atom. The fourth-order valence-electron chi connectivity index (χ4n) is 2.43. The van der Waals surface area contributed by atoms with E-state index < -0.39 is 12.0 Å². The molecule has 2 rings (SSSR count). The number of amides is 1. The number of hydrogen-bond donors (Lipinski definition) is 1. The average molecular weight is 331 g/mol. The molecule has 1 amide bonds. The molecular formula is C17H21N3O4. The molecule has 0 unspecified atom stereocenters. The highest BCUT2D eigenvalue weighted by Gasteiger charge is 2.19. The normalized spacial score (nSPS) is 12.2. The number of esters is 1. The maximum atomic E-state index is 12.5. The molecule has 1 aromatic heterocycles. The number of carbonyl (C=O) groups is 2. The summed E-state index contributed by atoms with van der Waals surface area (Å²) in [4.78, 5) is 36.1. The van der Waals surface area contributed by atoms with E-state index in [0.717, 1.165) is 0 Å². The number of methoxy groups -OCH3 is 1. The third-order valence-corrected chi connectivity index (χ3v) is 3.65. The van der Waals surface area contributed by atoms with Gasteiger partial charge in [0, 0.05) is 5.39 Å². The number of ether oxygens (including phenoxy) is 1. The third kappa shape index (κ3) is 3.61. The van der Waals surface area contributed by atoms with Gasteiger partial charge in [-0.05, 0) is 26.8 Å². The van der Waals surface area contributed by atoms with E-state index in [1.807, 2.05) is 13.8 Å². The molecule has 2 aromatic rings. The van der Waals surface area contributed by atoms with Crippen molar-refractivity contribution < 1.29 is 14.3 Å². The maximum Gasteiger partial charge on any atom is 0.328 e. The minimum absolute atomic E-state index is 0.0329. The Balaban J connectivity index is 2.38. The van der Waals surface area contributed by atoms with Gasteiger partial charge in [0.15, 0.2) is 0 Å². The molecule has 0 saturated heterocycles. The number of fused-ring (bicyclic) bond motifs is 1. The minimum Gasteiger partial charge on any atom is -0.467 e. The van der Waals surface area contributed by atoms with Crippen molar-refractivity contribution in [3.8, 4) is 0 Å². The van der Waals surface area contributed by atoms with Crippen molar-refractivity contribution in [3.05, 3.63) is 40.3 Å². The van der Waals surface area contributed by atoms with Crippen molar-refractivity contribution >= 4 is 22.6 Å². The Morgan fingerprint density at radius 3 is 2.42 bits per heavy atom. The van der Waals surface area contributed by atoms with E-state index in [1.165, 1.54) is 11.8 Å². The summed E-state index contributed by atoms with van der Waals surface area (Å²) in [5, 5.41) is 8.06. The summed E-state index contributed by atoms with van der Waals surface area (Å²) >= 11 is 0. The van der Waals surface area contributed by atoms with Gasteiger partial charge in [-0.1, -0.05) is 18.2 Å². The highest BCUT2D eigenvalue weighted by atomic mass is 16.5. The average Bonchev–Trinajstić information content (AvgIpc) is 2.56. The molecular weight excluding hydrogens is 310 g/mol. The SMILES string of the molecule is COC(=O)[C@H](C)NC(=O)Cc1nn(C(C)C)c(=O)c2ccccc12. The second kappa shape index (κ2) is 7.25. The van der Waals surface area contributed by atoms with Gasteiger partial charge in [-0.2, -0.15) is 5.10 Å². The van der Waals surface area contributed by atoms with Gasteiger partial charge in [0.1, 0.15) is 6.04 Å². The van der Waals surface area contributed by atoms with E-state index >= 15 is 0 Å². The number of nitrogens with one attached hydrogen (secondary N) is 1. The van der Waals surface area contributed by atoms with Crippen LogP contribution < -0.4 is 10.9 Å². The van der Waals surface area contributed by atoms with Crippen LogP contribution in [-0.2, 0) is 20.7 Å².